The Bertz CT molecular complexity index is 967. The Balaban J connectivity index is 2.01. The van der Waals surface area contributed by atoms with E-state index in [1.54, 1.807) is 30.7 Å². The lowest BCUT2D eigenvalue weighted by Crippen LogP contribution is -2.33. The summed E-state index contributed by atoms with van der Waals surface area (Å²) in [4.78, 5) is 36.1. The van der Waals surface area contributed by atoms with Crippen LogP contribution < -0.4 is 5.32 Å². The molecule has 0 unspecified atom stereocenters. The summed E-state index contributed by atoms with van der Waals surface area (Å²) in [5, 5.41) is 13.1. The highest BCUT2D eigenvalue weighted by molar-refractivity contribution is 7.12. The summed E-state index contributed by atoms with van der Waals surface area (Å²) in [6, 6.07) is 6.89. The molecular formula is C20H21N3O5S. The molecule has 9 heteroatoms. The van der Waals surface area contributed by atoms with E-state index < -0.39 is 24.4 Å². The van der Waals surface area contributed by atoms with E-state index >= 15 is 0 Å². The molecule has 2 rings (SSSR count). The lowest BCUT2D eigenvalue weighted by atomic mass is 10.1. The van der Waals surface area contributed by atoms with Gasteiger partial charge in [0.15, 0.2) is 6.61 Å². The highest BCUT2D eigenvalue weighted by atomic mass is 32.1. The highest BCUT2D eigenvalue weighted by Gasteiger charge is 2.17. The Labute approximate surface area is 172 Å². The number of rotatable bonds is 8. The first-order chi connectivity index (χ1) is 13.9. The van der Waals surface area contributed by atoms with E-state index in [2.05, 4.69) is 5.32 Å². The lowest BCUT2D eigenvalue weighted by Gasteiger charge is -2.08. The number of methoxy groups -OCH3 is 1. The second kappa shape index (κ2) is 10.4. The first-order valence-corrected chi connectivity index (χ1v) is 9.57. The van der Waals surface area contributed by atoms with Crippen molar-refractivity contribution in [1.29, 1.82) is 5.26 Å². The number of esters is 1. The molecule has 0 aliphatic rings. The summed E-state index contributed by atoms with van der Waals surface area (Å²) >= 11 is 1.18. The summed E-state index contributed by atoms with van der Waals surface area (Å²) in [5.74, 6) is -2.28. The van der Waals surface area contributed by atoms with Crippen molar-refractivity contribution in [3.63, 3.8) is 0 Å². The molecule has 0 saturated carbocycles. The maximum Gasteiger partial charge on any atom is 0.349 e. The van der Waals surface area contributed by atoms with Crippen LogP contribution in [0.5, 0.6) is 0 Å². The summed E-state index contributed by atoms with van der Waals surface area (Å²) in [6.07, 6.45) is 1.42. The van der Waals surface area contributed by atoms with Crippen LogP contribution in [0.2, 0.25) is 0 Å². The number of carbonyl (C=O) groups excluding carboxylic acids is 3. The maximum atomic E-state index is 12.2. The lowest BCUT2D eigenvalue weighted by molar-refractivity contribution is -0.144. The average Bonchev–Trinajstić information content (AvgIpc) is 3.32. The third kappa shape index (κ3) is 5.88. The molecule has 0 aliphatic carbocycles. The summed E-state index contributed by atoms with van der Waals surface area (Å²) in [7, 11) is 1.61. The zero-order chi connectivity index (χ0) is 21.4. The molecule has 0 fully saturated rings. The number of imide groups is 1. The number of thiophene rings is 1. The van der Waals surface area contributed by atoms with Crippen LogP contribution in [0, 0.1) is 25.2 Å². The summed E-state index contributed by atoms with van der Waals surface area (Å²) < 4.78 is 12.0. The molecule has 2 aromatic rings. The van der Waals surface area contributed by atoms with Gasteiger partial charge in [0, 0.05) is 25.0 Å². The minimum atomic E-state index is -0.937. The van der Waals surface area contributed by atoms with Crippen molar-refractivity contribution < 1.29 is 23.9 Å². The Kier molecular flexibility index (Phi) is 7.88. The Hall–Kier alpha value is -3.22. The van der Waals surface area contributed by atoms with Gasteiger partial charge in [-0.25, -0.2) is 4.79 Å². The number of hydrogen-bond donors (Lipinski definition) is 1. The van der Waals surface area contributed by atoms with Gasteiger partial charge in [-0.1, -0.05) is 6.07 Å². The number of carbonyl (C=O) groups is 3. The summed E-state index contributed by atoms with van der Waals surface area (Å²) in [6.45, 7) is 4.30. The van der Waals surface area contributed by atoms with Gasteiger partial charge in [-0.15, -0.1) is 11.3 Å². The van der Waals surface area contributed by atoms with Crippen LogP contribution in [0.15, 0.2) is 29.2 Å². The molecule has 0 saturated heterocycles. The monoisotopic (exact) mass is 415 g/mol. The Morgan fingerprint density at radius 2 is 2.10 bits per heavy atom. The van der Waals surface area contributed by atoms with Gasteiger partial charge in [-0.3, -0.25) is 14.9 Å². The number of nitriles is 1. The molecule has 2 heterocycles. The second-order valence-electron chi connectivity index (χ2n) is 6.07. The predicted molar refractivity (Wildman–Crippen MR) is 107 cm³/mol. The molecule has 1 N–H and O–H groups in total. The molecule has 0 aliphatic heterocycles. The minimum absolute atomic E-state index is 0.241. The van der Waals surface area contributed by atoms with E-state index in [0.717, 1.165) is 11.4 Å². The first kappa shape index (κ1) is 22.1. The third-order valence-electron chi connectivity index (χ3n) is 4.10. The van der Waals surface area contributed by atoms with Crippen LogP contribution in [0.4, 0.5) is 0 Å². The SMILES string of the molecule is COCCn1c(C)cc(/C=C(\C#N)C(=O)OCC(=O)NC(=O)c2cccs2)c1C. The third-order valence-corrected chi connectivity index (χ3v) is 4.97. The van der Waals surface area contributed by atoms with Crippen molar-refractivity contribution in [3.8, 4) is 6.07 Å². The fourth-order valence-corrected chi connectivity index (χ4v) is 3.25. The highest BCUT2D eigenvalue weighted by Crippen LogP contribution is 2.18. The van der Waals surface area contributed by atoms with E-state index in [0.29, 0.717) is 23.6 Å². The molecule has 152 valence electrons. The number of aryl methyl sites for hydroxylation is 1. The van der Waals surface area contributed by atoms with Crippen LogP contribution in [0.25, 0.3) is 6.08 Å². The van der Waals surface area contributed by atoms with E-state index in [-0.39, 0.29) is 5.57 Å². The average molecular weight is 415 g/mol. The van der Waals surface area contributed by atoms with Crippen LogP contribution in [0.3, 0.4) is 0 Å². The number of nitrogens with zero attached hydrogens (tertiary/aromatic N) is 2. The molecule has 2 aromatic heterocycles. The van der Waals surface area contributed by atoms with Gasteiger partial charge in [-0.2, -0.15) is 5.26 Å². The van der Waals surface area contributed by atoms with Gasteiger partial charge in [0.25, 0.3) is 11.8 Å². The molecule has 2 amide bonds. The number of hydrogen-bond acceptors (Lipinski definition) is 7. The fourth-order valence-electron chi connectivity index (χ4n) is 2.63. The van der Waals surface area contributed by atoms with Gasteiger partial charge in [0.1, 0.15) is 11.6 Å². The van der Waals surface area contributed by atoms with Crippen LogP contribution >= 0.6 is 11.3 Å². The number of nitrogens with one attached hydrogen (secondary N) is 1. The first-order valence-electron chi connectivity index (χ1n) is 8.69. The van der Waals surface area contributed by atoms with E-state index in [1.165, 1.54) is 17.4 Å². The van der Waals surface area contributed by atoms with E-state index in [4.69, 9.17) is 9.47 Å². The van der Waals surface area contributed by atoms with Crippen molar-refractivity contribution >= 4 is 35.2 Å². The van der Waals surface area contributed by atoms with E-state index in [9.17, 15) is 19.6 Å². The van der Waals surface area contributed by atoms with Crippen molar-refractivity contribution in [2.24, 2.45) is 0 Å². The normalized spacial score (nSPS) is 11.0. The number of ether oxygens (including phenoxy) is 2. The van der Waals surface area contributed by atoms with Crippen molar-refractivity contribution in [3.05, 3.63) is 51.0 Å². The summed E-state index contributed by atoms with van der Waals surface area (Å²) in [5.41, 5.74) is 2.29. The molecule has 0 spiro atoms. The van der Waals surface area contributed by atoms with E-state index in [1.807, 2.05) is 24.5 Å². The number of aromatic nitrogens is 1. The second-order valence-corrected chi connectivity index (χ2v) is 7.02. The standard InChI is InChI=1S/C20H21N3O5S/c1-13-9-15(14(2)23(13)6-7-27-3)10-16(11-21)20(26)28-12-18(24)22-19(25)17-5-4-8-29-17/h4-5,8-10H,6-7,12H2,1-3H3,(H,22,24,25)/b16-10+. The van der Waals surface area contributed by atoms with Gasteiger partial charge >= 0.3 is 5.97 Å². The topological polar surface area (TPSA) is 110 Å². The van der Waals surface area contributed by atoms with Crippen molar-refractivity contribution in [2.45, 2.75) is 20.4 Å². The van der Waals surface area contributed by atoms with Gasteiger partial charge in [0.05, 0.1) is 11.5 Å². The molecule has 0 bridgehead atoms. The fraction of sp³-hybridized carbons (Fsp3) is 0.300. The quantitative estimate of drug-likeness (QED) is 0.402. The molecule has 29 heavy (non-hydrogen) atoms. The van der Waals surface area contributed by atoms with Crippen LogP contribution in [0.1, 0.15) is 26.6 Å². The Morgan fingerprint density at radius 1 is 1.34 bits per heavy atom. The number of amides is 2. The largest absolute Gasteiger partial charge is 0.451 e. The van der Waals surface area contributed by atoms with Gasteiger partial charge in [-0.05, 0) is 43.0 Å². The molecule has 0 aromatic carbocycles. The van der Waals surface area contributed by atoms with Crippen LogP contribution in [-0.4, -0.2) is 42.7 Å². The van der Waals surface area contributed by atoms with Crippen molar-refractivity contribution in [1.82, 2.24) is 9.88 Å². The van der Waals surface area contributed by atoms with Crippen molar-refractivity contribution in [2.75, 3.05) is 20.3 Å². The zero-order valence-electron chi connectivity index (χ0n) is 16.4. The smallest absolute Gasteiger partial charge is 0.349 e. The van der Waals surface area contributed by atoms with Crippen LogP contribution in [-0.2, 0) is 25.6 Å². The maximum absolute atomic E-state index is 12.2. The minimum Gasteiger partial charge on any atom is -0.451 e. The molecular weight excluding hydrogens is 394 g/mol. The van der Waals surface area contributed by atoms with Gasteiger partial charge < -0.3 is 14.0 Å². The van der Waals surface area contributed by atoms with Gasteiger partial charge in [0.2, 0.25) is 0 Å². The Morgan fingerprint density at radius 3 is 2.72 bits per heavy atom. The molecule has 0 radical (unpaired) electrons. The predicted octanol–water partition coefficient (Wildman–Crippen LogP) is 2.22. The molecule has 8 nitrogen and oxygen atoms in total. The zero-order valence-corrected chi connectivity index (χ0v) is 17.2. The molecule has 0 atom stereocenters.